The largest absolute Gasteiger partial charge is 0.462 e. The van der Waals surface area contributed by atoms with Crippen LogP contribution in [0.1, 0.15) is 19.4 Å². The van der Waals surface area contributed by atoms with Crippen LogP contribution in [0.5, 0.6) is 0 Å². The van der Waals surface area contributed by atoms with Gasteiger partial charge >= 0.3 is 5.97 Å². The second kappa shape index (κ2) is 4.64. The van der Waals surface area contributed by atoms with Gasteiger partial charge in [-0.15, -0.1) is 0 Å². The Balaban J connectivity index is 2.76. The Morgan fingerprint density at radius 1 is 1.47 bits per heavy atom. The molecule has 0 amide bonds. The van der Waals surface area contributed by atoms with Crippen LogP contribution in [0.4, 0.5) is 0 Å². The minimum absolute atomic E-state index is 0.0655. The first-order valence-corrected chi connectivity index (χ1v) is 4.91. The number of rotatable bonds is 3. The highest BCUT2D eigenvalue weighted by Gasteiger charge is 2.24. The van der Waals surface area contributed by atoms with Crippen molar-refractivity contribution in [3.63, 3.8) is 0 Å². The fourth-order valence-corrected chi connectivity index (χ4v) is 1.26. The van der Waals surface area contributed by atoms with Gasteiger partial charge in [-0.25, -0.2) is 0 Å². The van der Waals surface area contributed by atoms with Gasteiger partial charge in [0.25, 0.3) is 0 Å². The normalized spacial score (nSPS) is 14.4. The SMILES string of the molecule is CC(=O)OCC(C)(O)c1ccc(Cl)cc1. The summed E-state index contributed by atoms with van der Waals surface area (Å²) in [6.45, 7) is 2.82. The van der Waals surface area contributed by atoms with Gasteiger partial charge in [-0.3, -0.25) is 4.79 Å². The topological polar surface area (TPSA) is 46.5 Å². The molecule has 0 aliphatic heterocycles. The molecule has 0 aromatic heterocycles. The van der Waals surface area contributed by atoms with Gasteiger partial charge in [0.1, 0.15) is 12.2 Å². The average molecular weight is 229 g/mol. The summed E-state index contributed by atoms with van der Waals surface area (Å²) in [5.74, 6) is -0.413. The fourth-order valence-electron chi connectivity index (χ4n) is 1.13. The molecule has 0 aliphatic rings. The number of aliphatic hydroxyl groups is 1. The zero-order valence-electron chi connectivity index (χ0n) is 8.66. The van der Waals surface area contributed by atoms with Crippen molar-refractivity contribution in [2.45, 2.75) is 19.4 Å². The molecule has 1 atom stereocenters. The molecule has 0 heterocycles. The molecule has 1 aromatic rings. The molecule has 0 fully saturated rings. The first-order valence-electron chi connectivity index (χ1n) is 4.53. The maximum Gasteiger partial charge on any atom is 0.302 e. The van der Waals surface area contributed by atoms with Gasteiger partial charge in [0.05, 0.1) is 0 Å². The molecule has 15 heavy (non-hydrogen) atoms. The number of carbonyl (C=O) groups is 1. The summed E-state index contributed by atoms with van der Waals surface area (Å²) in [6, 6.07) is 6.76. The lowest BCUT2D eigenvalue weighted by molar-refractivity contribution is -0.148. The van der Waals surface area contributed by atoms with Crippen LogP contribution < -0.4 is 0 Å². The molecule has 0 radical (unpaired) electrons. The third-order valence-corrected chi connectivity index (χ3v) is 2.27. The van der Waals surface area contributed by atoms with Crippen molar-refractivity contribution in [2.24, 2.45) is 0 Å². The smallest absolute Gasteiger partial charge is 0.302 e. The molecule has 0 saturated carbocycles. The Bertz CT molecular complexity index is 343. The van der Waals surface area contributed by atoms with E-state index in [2.05, 4.69) is 0 Å². The first-order chi connectivity index (χ1) is 6.92. The molecule has 82 valence electrons. The van der Waals surface area contributed by atoms with Crippen LogP contribution in [0, 0.1) is 0 Å². The first kappa shape index (κ1) is 12.0. The summed E-state index contributed by atoms with van der Waals surface area (Å²) in [4.78, 5) is 10.6. The molecule has 1 aromatic carbocycles. The van der Waals surface area contributed by atoms with Crippen LogP contribution in [-0.2, 0) is 15.1 Å². The number of hydrogen-bond donors (Lipinski definition) is 1. The van der Waals surface area contributed by atoms with Gasteiger partial charge in [-0.05, 0) is 24.6 Å². The van der Waals surface area contributed by atoms with Crippen LogP contribution in [0.25, 0.3) is 0 Å². The number of ether oxygens (including phenoxy) is 1. The van der Waals surface area contributed by atoms with E-state index in [1.54, 1.807) is 31.2 Å². The van der Waals surface area contributed by atoms with Gasteiger partial charge in [-0.2, -0.15) is 0 Å². The van der Waals surface area contributed by atoms with E-state index < -0.39 is 11.6 Å². The van der Waals surface area contributed by atoms with Crippen molar-refractivity contribution >= 4 is 17.6 Å². The van der Waals surface area contributed by atoms with E-state index >= 15 is 0 Å². The Morgan fingerprint density at radius 2 is 2.00 bits per heavy atom. The van der Waals surface area contributed by atoms with E-state index in [0.29, 0.717) is 10.6 Å². The molecule has 4 heteroatoms. The quantitative estimate of drug-likeness (QED) is 0.806. The van der Waals surface area contributed by atoms with Crippen molar-refractivity contribution in [2.75, 3.05) is 6.61 Å². The minimum atomic E-state index is -1.18. The average Bonchev–Trinajstić information content (AvgIpc) is 2.16. The molecule has 1 unspecified atom stereocenters. The lowest BCUT2D eigenvalue weighted by atomic mass is 9.97. The Kier molecular flexibility index (Phi) is 3.72. The molecular formula is C11H13ClO3. The van der Waals surface area contributed by atoms with Crippen LogP contribution >= 0.6 is 11.6 Å². The molecule has 0 bridgehead atoms. The third-order valence-electron chi connectivity index (χ3n) is 2.02. The van der Waals surface area contributed by atoms with E-state index in [1.807, 2.05) is 0 Å². The van der Waals surface area contributed by atoms with Crippen molar-refractivity contribution < 1.29 is 14.6 Å². The number of esters is 1. The lowest BCUT2D eigenvalue weighted by Crippen LogP contribution is -2.28. The molecule has 0 spiro atoms. The second-order valence-corrected chi connectivity index (χ2v) is 4.00. The predicted molar refractivity (Wildman–Crippen MR) is 57.7 cm³/mol. The van der Waals surface area contributed by atoms with Crippen LogP contribution in [0.3, 0.4) is 0 Å². The standard InChI is InChI=1S/C11H13ClO3/c1-8(13)15-7-11(2,14)9-3-5-10(12)6-4-9/h3-6,14H,7H2,1-2H3. The highest BCUT2D eigenvalue weighted by atomic mass is 35.5. The second-order valence-electron chi connectivity index (χ2n) is 3.56. The number of carbonyl (C=O) groups excluding carboxylic acids is 1. The van der Waals surface area contributed by atoms with Crippen molar-refractivity contribution in [3.8, 4) is 0 Å². The summed E-state index contributed by atoms with van der Waals surface area (Å²) < 4.78 is 4.77. The van der Waals surface area contributed by atoms with Crippen molar-refractivity contribution in [1.82, 2.24) is 0 Å². The van der Waals surface area contributed by atoms with Crippen molar-refractivity contribution in [3.05, 3.63) is 34.9 Å². The summed E-state index contributed by atoms with van der Waals surface area (Å²) in [5, 5.41) is 10.6. The Hall–Kier alpha value is -1.06. The third kappa shape index (κ3) is 3.53. The van der Waals surface area contributed by atoms with E-state index in [-0.39, 0.29) is 6.61 Å². The van der Waals surface area contributed by atoms with E-state index in [0.717, 1.165) is 0 Å². The summed E-state index contributed by atoms with van der Waals surface area (Å²) in [6.07, 6.45) is 0. The number of halogens is 1. The number of hydrogen-bond acceptors (Lipinski definition) is 3. The zero-order chi connectivity index (χ0) is 11.5. The lowest BCUT2D eigenvalue weighted by Gasteiger charge is -2.23. The predicted octanol–water partition coefficient (Wildman–Crippen LogP) is 2.11. The molecule has 1 rings (SSSR count). The monoisotopic (exact) mass is 228 g/mol. The summed E-state index contributed by atoms with van der Waals surface area (Å²) in [7, 11) is 0. The number of benzene rings is 1. The zero-order valence-corrected chi connectivity index (χ0v) is 9.41. The molecule has 1 N–H and O–H groups in total. The Morgan fingerprint density at radius 3 is 2.47 bits per heavy atom. The maximum atomic E-state index is 10.6. The highest BCUT2D eigenvalue weighted by molar-refractivity contribution is 6.30. The van der Waals surface area contributed by atoms with Gasteiger partial charge in [0.15, 0.2) is 0 Å². The van der Waals surface area contributed by atoms with Gasteiger partial charge < -0.3 is 9.84 Å². The van der Waals surface area contributed by atoms with Crippen LogP contribution in [-0.4, -0.2) is 17.7 Å². The van der Waals surface area contributed by atoms with Gasteiger partial charge in [0.2, 0.25) is 0 Å². The molecular weight excluding hydrogens is 216 g/mol. The minimum Gasteiger partial charge on any atom is -0.462 e. The fraction of sp³-hybridized carbons (Fsp3) is 0.364. The van der Waals surface area contributed by atoms with E-state index in [1.165, 1.54) is 6.92 Å². The highest BCUT2D eigenvalue weighted by Crippen LogP contribution is 2.22. The molecule has 0 saturated heterocycles. The summed E-state index contributed by atoms with van der Waals surface area (Å²) in [5.41, 5.74) is -0.524. The van der Waals surface area contributed by atoms with E-state index in [4.69, 9.17) is 16.3 Å². The van der Waals surface area contributed by atoms with Gasteiger partial charge in [0, 0.05) is 11.9 Å². The maximum absolute atomic E-state index is 10.6. The summed E-state index contributed by atoms with van der Waals surface area (Å²) >= 11 is 5.72. The van der Waals surface area contributed by atoms with Crippen molar-refractivity contribution in [1.29, 1.82) is 0 Å². The van der Waals surface area contributed by atoms with Crippen LogP contribution in [0.2, 0.25) is 5.02 Å². The van der Waals surface area contributed by atoms with E-state index in [9.17, 15) is 9.90 Å². The van der Waals surface area contributed by atoms with Gasteiger partial charge in [-0.1, -0.05) is 23.7 Å². The van der Waals surface area contributed by atoms with Crippen LogP contribution in [0.15, 0.2) is 24.3 Å². The Labute approximate surface area is 93.6 Å². The molecule has 3 nitrogen and oxygen atoms in total. The molecule has 0 aliphatic carbocycles.